The average Bonchev–Trinajstić information content (AvgIpc) is 2.60. The lowest BCUT2D eigenvalue weighted by molar-refractivity contribution is -0.115. The van der Waals surface area contributed by atoms with Crippen LogP contribution < -0.4 is 15.4 Å². The van der Waals surface area contributed by atoms with Crippen LogP contribution in [0.5, 0.6) is 5.75 Å². The average molecular weight is 344 g/mol. The predicted octanol–water partition coefficient (Wildman–Crippen LogP) is 3.18. The Bertz CT molecular complexity index is 719. The van der Waals surface area contributed by atoms with Gasteiger partial charge in [-0.3, -0.25) is 9.59 Å². The van der Waals surface area contributed by atoms with Gasteiger partial charge in [0.15, 0.2) is 0 Å². The van der Waals surface area contributed by atoms with Gasteiger partial charge in [-0.1, -0.05) is 18.2 Å². The van der Waals surface area contributed by atoms with Gasteiger partial charge < -0.3 is 15.4 Å². The third kappa shape index (κ3) is 5.03. The van der Waals surface area contributed by atoms with Crippen LogP contribution in [0.25, 0.3) is 0 Å². The van der Waals surface area contributed by atoms with E-state index < -0.39 is 0 Å². The fourth-order valence-electron chi connectivity index (χ4n) is 2.10. The molecule has 24 heavy (non-hydrogen) atoms. The van der Waals surface area contributed by atoms with Crippen LogP contribution in [-0.2, 0) is 4.79 Å². The van der Waals surface area contributed by atoms with Crippen molar-refractivity contribution in [3.8, 4) is 5.75 Å². The standard InChI is InChI=1S/C18H20N2O3S/c1-3-23-16-10-5-4-9-15(16)18(22)19-12-17(21)20-13-7-6-8-14(11-13)24-2/h4-11H,3,12H2,1-2H3,(H,19,22)(H,20,21). The smallest absolute Gasteiger partial charge is 0.255 e. The highest BCUT2D eigenvalue weighted by Gasteiger charge is 2.13. The topological polar surface area (TPSA) is 67.4 Å². The zero-order valence-corrected chi connectivity index (χ0v) is 14.5. The molecule has 0 atom stereocenters. The van der Waals surface area contributed by atoms with Gasteiger partial charge in [0.2, 0.25) is 5.91 Å². The molecule has 0 bridgehead atoms. The number of para-hydroxylation sites is 1. The van der Waals surface area contributed by atoms with Crippen molar-refractivity contribution in [1.29, 1.82) is 0 Å². The van der Waals surface area contributed by atoms with Crippen LogP contribution in [0.15, 0.2) is 53.4 Å². The first-order valence-corrected chi connectivity index (χ1v) is 8.80. The summed E-state index contributed by atoms with van der Waals surface area (Å²) < 4.78 is 5.42. The summed E-state index contributed by atoms with van der Waals surface area (Å²) in [7, 11) is 0. The van der Waals surface area contributed by atoms with Crippen molar-refractivity contribution in [2.45, 2.75) is 11.8 Å². The number of nitrogens with one attached hydrogen (secondary N) is 2. The maximum absolute atomic E-state index is 12.2. The number of benzene rings is 2. The van der Waals surface area contributed by atoms with E-state index in [1.54, 1.807) is 36.0 Å². The van der Waals surface area contributed by atoms with Crippen molar-refractivity contribution in [2.24, 2.45) is 0 Å². The highest BCUT2D eigenvalue weighted by Crippen LogP contribution is 2.19. The number of carbonyl (C=O) groups is 2. The summed E-state index contributed by atoms with van der Waals surface area (Å²) in [5, 5.41) is 5.38. The number of amides is 2. The molecule has 2 rings (SSSR count). The summed E-state index contributed by atoms with van der Waals surface area (Å²) in [6.07, 6.45) is 1.97. The van der Waals surface area contributed by atoms with Crippen LogP contribution in [0.2, 0.25) is 0 Å². The zero-order chi connectivity index (χ0) is 17.4. The molecule has 0 saturated heterocycles. The highest BCUT2D eigenvalue weighted by molar-refractivity contribution is 7.98. The van der Waals surface area contributed by atoms with Crippen molar-refractivity contribution in [2.75, 3.05) is 24.7 Å². The molecule has 126 valence electrons. The third-order valence-electron chi connectivity index (χ3n) is 3.19. The van der Waals surface area contributed by atoms with Crippen molar-refractivity contribution < 1.29 is 14.3 Å². The van der Waals surface area contributed by atoms with E-state index in [0.29, 0.717) is 23.6 Å². The van der Waals surface area contributed by atoms with E-state index >= 15 is 0 Å². The SMILES string of the molecule is CCOc1ccccc1C(=O)NCC(=O)Nc1cccc(SC)c1. The summed E-state index contributed by atoms with van der Waals surface area (Å²) in [6, 6.07) is 14.5. The molecule has 0 heterocycles. The molecule has 2 aromatic rings. The normalized spacial score (nSPS) is 10.1. The molecule has 2 amide bonds. The Hall–Kier alpha value is -2.47. The quantitative estimate of drug-likeness (QED) is 0.757. The summed E-state index contributed by atoms with van der Waals surface area (Å²) >= 11 is 1.60. The van der Waals surface area contributed by atoms with Gasteiger partial charge in [0.1, 0.15) is 5.75 Å². The monoisotopic (exact) mass is 344 g/mol. The Morgan fingerprint density at radius 2 is 1.92 bits per heavy atom. The van der Waals surface area contributed by atoms with Crippen molar-refractivity contribution in [3.63, 3.8) is 0 Å². The van der Waals surface area contributed by atoms with Gasteiger partial charge in [0, 0.05) is 10.6 Å². The zero-order valence-electron chi connectivity index (χ0n) is 13.7. The van der Waals surface area contributed by atoms with E-state index in [2.05, 4.69) is 10.6 Å². The molecule has 0 aliphatic heterocycles. The molecule has 5 nitrogen and oxygen atoms in total. The molecule has 6 heteroatoms. The minimum absolute atomic E-state index is 0.108. The van der Waals surface area contributed by atoms with E-state index in [4.69, 9.17) is 4.74 Å². The predicted molar refractivity (Wildman–Crippen MR) is 96.8 cm³/mol. The van der Waals surface area contributed by atoms with E-state index in [0.717, 1.165) is 4.90 Å². The number of hydrogen-bond donors (Lipinski definition) is 2. The Labute approximate surface area is 145 Å². The molecule has 0 aliphatic rings. The van der Waals surface area contributed by atoms with Crippen molar-refractivity contribution >= 4 is 29.3 Å². The summed E-state index contributed by atoms with van der Waals surface area (Å²) in [6.45, 7) is 2.21. The summed E-state index contributed by atoms with van der Waals surface area (Å²) in [5.74, 6) is -0.117. The minimum atomic E-state index is -0.341. The van der Waals surface area contributed by atoms with Crippen LogP contribution in [0.3, 0.4) is 0 Å². The first-order chi connectivity index (χ1) is 11.6. The number of anilines is 1. The second-order valence-corrected chi connectivity index (χ2v) is 5.77. The van der Waals surface area contributed by atoms with Crippen LogP contribution in [0.4, 0.5) is 5.69 Å². The summed E-state index contributed by atoms with van der Waals surface area (Å²) in [5.41, 5.74) is 1.12. The largest absolute Gasteiger partial charge is 0.493 e. The van der Waals surface area contributed by atoms with Crippen molar-refractivity contribution in [1.82, 2.24) is 5.32 Å². The van der Waals surface area contributed by atoms with Gasteiger partial charge in [0.25, 0.3) is 5.91 Å². The third-order valence-corrected chi connectivity index (χ3v) is 3.92. The van der Waals surface area contributed by atoms with Gasteiger partial charge in [-0.2, -0.15) is 0 Å². The van der Waals surface area contributed by atoms with Crippen molar-refractivity contribution in [3.05, 3.63) is 54.1 Å². The Balaban J connectivity index is 1.92. The highest BCUT2D eigenvalue weighted by atomic mass is 32.2. The molecule has 2 aromatic carbocycles. The Morgan fingerprint density at radius 3 is 2.67 bits per heavy atom. The number of rotatable bonds is 7. The van der Waals surface area contributed by atoms with Gasteiger partial charge in [-0.05, 0) is 43.5 Å². The van der Waals surface area contributed by atoms with E-state index in [1.807, 2.05) is 37.4 Å². The number of carbonyl (C=O) groups excluding carboxylic acids is 2. The fourth-order valence-corrected chi connectivity index (χ4v) is 2.56. The molecule has 0 spiro atoms. The number of thioether (sulfide) groups is 1. The molecular weight excluding hydrogens is 324 g/mol. The molecule has 0 fully saturated rings. The molecule has 0 radical (unpaired) electrons. The first kappa shape index (κ1) is 17.9. The molecular formula is C18H20N2O3S. The molecule has 0 aliphatic carbocycles. The van der Waals surface area contributed by atoms with Gasteiger partial charge in [-0.25, -0.2) is 0 Å². The minimum Gasteiger partial charge on any atom is -0.493 e. The lowest BCUT2D eigenvalue weighted by Gasteiger charge is -2.11. The molecule has 0 aromatic heterocycles. The van der Waals surface area contributed by atoms with E-state index in [9.17, 15) is 9.59 Å². The number of hydrogen-bond acceptors (Lipinski definition) is 4. The molecule has 0 unspecified atom stereocenters. The van der Waals surface area contributed by atoms with Gasteiger partial charge in [0.05, 0.1) is 18.7 Å². The Kier molecular flexibility index (Phi) is 6.69. The van der Waals surface area contributed by atoms with Gasteiger partial charge in [-0.15, -0.1) is 11.8 Å². The lowest BCUT2D eigenvalue weighted by Crippen LogP contribution is -2.33. The second-order valence-electron chi connectivity index (χ2n) is 4.89. The second kappa shape index (κ2) is 8.98. The molecule has 2 N–H and O–H groups in total. The fraction of sp³-hybridized carbons (Fsp3) is 0.222. The Morgan fingerprint density at radius 1 is 1.12 bits per heavy atom. The van der Waals surface area contributed by atoms with Gasteiger partial charge >= 0.3 is 0 Å². The van der Waals surface area contributed by atoms with E-state index in [1.165, 1.54) is 0 Å². The van der Waals surface area contributed by atoms with Crippen LogP contribution >= 0.6 is 11.8 Å². The van der Waals surface area contributed by atoms with Crippen LogP contribution in [0.1, 0.15) is 17.3 Å². The molecule has 0 saturated carbocycles. The van der Waals surface area contributed by atoms with E-state index in [-0.39, 0.29) is 18.4 Å². The summed E-state index contributed by atoms with van der Waals surface area (Å²) in [4.78, 5) is 25.3. The van der Waals surface area contributed by atoms with Crippen LogP contribution in [0, 0.1) is 0 Å². The number of ether oxygens (including phenoxy) is 1. The lowest BCUT2D eigenvalue weighted by atomic mass is 10.2. The first-order valence-electron chi connectivity index (χ1n) is 7.58. The maximum Gasteiger partial charge on any atom is 0.255 e. The van der Waals surface area contributed by atoms with Crippen LogP contribution in [-0.4, -0.2) is 31.2 Å². The maximum atomic E-state index is 12.2.